The molecule has 45 heavy (non-hydrogen) atoms. The Morgan fingerprint density at radius 1 is 1.00 bits per heavy atom. The molecule has 7 rings (SSSR count). The van der Waals surface area contributed by atoms with Crippen molar-refractivity contribution in [1.29, 1.82) is 0 Å². The molecular weight excluding hydrogens is 577 g/mol. The van der Waals surface area contributed by atoms with Gasteiger partial charge in [0.15, 0.2) is 0 Å². The van der Waals surface area contributed by atoms with Crippen LogP contribution >= 0.6 is 0 Å². The molecule has 8 nitrogen and oxygen atoms in total. The monoisotopic (exact) mass is 610 g/mol. The summed E-state index contributed by atoms with van der Waals surface area (Å²) in [5.74, 6) is -2.94. The molecule has 1 aliphatic rings. The Kier molecular flexibility index (Phi) is 7.50. The fraction of sp³-hybridized carbons (Fsp3) is 0.265. The van der Waals surface area contributed by atoms with Crippen molar-refractivity contribution < 1.29 is 13.2 Å². The maximum absolute atomic E-state index is 14.7. The van der Waals surface area contributed by atoms with Gasteiger partial charge in [-0.15, -0.1) is 0 Å². The zero-order valence-corrected chi connectivity index (χ0v) is 25.0. The number of H-pyrrole nitrogens is 2. The summed E-state index contributed by atoms with van der Waals surface area (Å²) in [5, 5.41) is 11.9. The van der Waals surface area contributed by atoms with E-state index in [2.05, 4.69) is 30.4 Å². The fourth-order valence-electron chi connectivity index (χ4n) is 5.97. The van der Waals surface area contributed by atoms with Gasteiger partial charge in [0.25, 0.3) is 5.92 Å². The van der Waals surface area contributed by atoms with E-state index in [4.69, 9.17) is 4.98 Å². The molecule has 6 aromatic rings. The van der Waals surface area contributed by atoms with E-state index in [1.54, 1.807) is 23.4 Å². The first-order valence-electron chi connectivity index (χ1n) is 14.9. The lowest BCUT2D eigenvalue weighted by molar-refractivity contribution is 0.0115. The Labute approximate surface area is 258 Å². The number of benzene rings is 2. The third-order valence-corrected chi connectivity index (χ3v) is 8.17. The number of aromatic amines is 2. The topological polar surface area (TPSA) is 88.8 Å². The first kappa shape index (κ1) is 29.0. The summed E-state index contributed by atoms with van der Waals surface area (Å²) in [6.45, 7) is 2.07. The number of alkyl halides is 2. The second kappa shape index (κ2) is 11.6. The third kappa shape index (κ3) is 6.13. The van der Waals surface area contributed by atoms with Crippen molar-refractivity contribution in [3.8, 4) is 33.8 Å². The lowest BCUT2D eigenvalue weighted by Crippen LogP contribution is -2.24. The van der Waals surface area contributed by atoms with Crippen LogP contribution in [0.5, 0.6) is 0 Å². The summed E-state index contributed by atoms with van der Waals surface area (Å²) >= 11 is 0. The molecule has 1 aliphatic heterocycles. The molecule has 3 N–H and O–H groups in total. The van der Waals surface area contributed by atoms with Crippen LogP contribution in [0.25, 0.3) is 55.7 Å². The van der Waals surface area contributed by atoms with Crippen molar-refractivity contribution in [2.75, 3.05) is 45.6 Å². The van der Waals surface area contributed by atoms with Crippen LogP contribution in [0.4, 0.5) is 18.9 Å². The molecule has 0 saturated carbocycles. The van der Waals surface area contributed by atoms with E-state index in [-0.39, 0.29) is 18.8 Å². The lowest BCUT2D eigenvalue weighted by Gasteiger charge is -2.15. The van der Waals surface area contributed by atoms with Crippen LogP contribution in [0.2, 0.25) is 0 Å². The van der Waals surface area contributed by atoms with E-state index < -0.39 is 5.92 Å². The van der Waals surface area contributed by atoms with Crippen LogP contribution in [0.3, 0.4) is 0 Å². The minimum atomic E-state index is -2.64. The van der Waals surface area contributed by atoms with Gasteiger partial charge in [0.05, 0.1) is 23.4 Å². The van der Waals surface area contributed by atoms with E-state index in [0.717, 1.165) is 56.6 Å². The molecule has 0 bridgehead atoms. The van der Waals surface area contributed by atoms with Crippen molar-refractivity contribution in [2.45, 2.75) is 18.9 Å². The molecule has 1 fully saturated rings. The van der Waals surface area contributed by atoms with Crippen LogP contribution in [-0.2, 0) is 6.54 Å². The number of likely N-dealkylation sites (N-methyl/N-ethyl adjacent to an activating group) is 1. The molecule has 230 valence electrons. The van der Waals surface area contributed by atoms with Crippen LogP contribution in [-0.4, -0.2) is 81.1 Å². The predicted octanol–water partition coefficient (Wildman–Crippen LogP) is 6.79. The Morgan fingerprint density at radius 3 is 2.71 bits per heavy atom. The second-order valence-electron chi connectivity index (χ2n) is 12.0. The van der Waals surface area contributed by atoms with Gasteiger partial charge in [0, 0.05) is 67.1 Å². The second-order valence-corrected chi connectivity index (χ2v) is 12.0. The van der Waals surface area contributed by atoms with Crippen LogP contribution in [0.15, 0.2) is 73.1 Å². The van der Waals surface area contributed by atoms with Crippen molar-refractivity contribution >= 4 is 27.6 Å². The summed E-state index contributed by atoms with van der Waals surface area (Å²) in [4.78, 5) is 16.6. The Bertz CT molecular complexity index is 2000. The van der Waals surface area contributed by atoms with Gasteiger partial charge in [0.2, 0.25) is 0 Å². The molecule has 0 atom stereocenters. The van der Waals surface area contributed by atoms with Gasteiger partial charge < -0.3 is 15.2 Å². The molecule has 1 saturated heterocycles. The normalized spacial score (nSPS) is 15.1. The highest BCUT2D eigenvalue weighted by Gasteiger charge is 2.37. The number of anilines is 1. The van der Waals surface area contributed by atoms with Crippen LogP contribution in [0, 0.1) is 5.82 Å². The maximum Gasteiger partial charge on any atom is 0.261 e. The van der Waals surface area contributed by atoms with Crippen molar-refractivity contribution in [1.82, 2.24) is 34.9 Å². The Hall–Kier alpha value is -4.74. The molecule has 5 heterocycles. The van der Waals surface area contributed by atoms with Gasteiger partial charge in [-0.3, -0.25) is 15.0 Å². The molecule has 4 aromatic heterocycles. The molecule has 2 aromatic carbocycles. The number of likely N-dealkylation sites (tertiary alicyclic amines) is 1. The minimum Gasteiger partial charge on any atom is -0.384 e. The van der Waals surface area contributed by atoms with Crippen molar-refractivity contribution in [3.63, 3.8) is 0 Å². The van der Waals surface area contributed by atoms with Gasteiger partial charge in [-0.2, -0.15) is 5.10 Å². The standard InChI is InChI=1S/C34H33F3N8/c1-44(2)11-9-39-25-14-22(13-24(35)15-25)26-4-3-5-29-27(26)16-31(40-29)33-32-30(42-43-33)7-6-28(41-32)23-12-21(17-38-18-23)19-45-10-8-34(36,37)20-45/h3-7,12-18,39-40H,8-11,19-20H2,1-2H3,(H,42,43). The number of nitrogens with zero attached hydrogens (tertiary/aromatic N) is 5. The highest BCUT2D eigenvalue weighted by molar-refractivity contribution is 6.00. The summed E-state index contributed by atoms with van der Waals surface area (Å²) < 4.78 is 42.1. The number of hydrogen-bond acceptors (Lipinski definition) is 6. The summed E-state index contributed by atoms with van der Waals surface area (Å²) in [7, 11) is 4.00. The number of hydrogen-bond donors (Lipinski definition) is 3. The molecule has 0 aliphatic carbocycles. The molecule has 0 unspecified atom stereocenters. The van der Waals surface area contributed by atoms with Crippen LogP contribution < -0.4 is 5.32 Å². The van der Waals surface area contributed by atoms with Gasteiger partial charge >= 0.3 is 0 Å². The number of fused-ring (bicyclic) bond motifs is 2. The molecular formula is C34H33F3N8. The average Bonchev–Trinajstić information content (AvgIpc) is 3.72. The van der Waals surface area contributed by atoms with E-state index in [0.29, 0.717) is 36.5 Å². The maximum atomic E-state index is 14.7. The van der Waals surface area contributed by atoms with E-state index in [9.17, 15) is 13.2 Å². The number of halogens is 3. The fourth-order valence-corrected chi connectivity index (χ4v) is 5.97. The molecule has 0 amide bonds. The van der Waals surface area contributed by atoms with Gasteiger partial charge in [-0.05, 0) is 79.3 Å². The zero-order valence-electron chi connectivity index (χ0n) is 25.0. The minimum absolute atomic E-state index is 0.117. The predicted molar refractivity (Wildman–Crippen MR) is 172 cm³/mol. The molecule has 0 radical (unpaired) electrons. The third-order valence-electron chi connectivity index (χ3n) is 8.17. The quantitative estimate of drug-likeness (QED) is 0.167. The number of nitrogens with one attached hydrogen (secondary N) is 3. The number of aromatic nitrogens is 5. The van der Waals surface area contributed by atoms with Gasteiger partial charge in [-0.25, -0.2) is 18.2 Å². The Balaban J connectivity index is 1.20. The van der Waals surface area contributed by atoms with Crippen LogP contribution in [0.1, 0.15) is 12.0 Å². The lowest BCUT2D eigenvalue weighted by atomic mass is 10.0. The van der Waals surface area contributed by atoms with Crippen molar-refractivity contribution in [2.24, 2.45) is 0 Å². The molecule has 0 spiro atoms. The highest BCUT2D eigenvalue weighted by atomic mass is 19.3. The average molecular weight is 611 g/mol. The van der Waals surface area contributed by atoms with E-state index >= 15 is 0 Å². The largest absolute Gasteiger partial charge is 0.384 e. The summed E-state index contributed by atoms with van der Waals surface area (Å²) in [6.07, 6.45) is 3.33. The highest BCUT2D eigenvalue weighted by Crippen LogP contribution is 2.35. The Morgan fingerprint density at radius 2 is 1.89 bits per heavy atom. The van der Waals surface area contributed by atoms with Gasteiger partial charge in [0.1, 0.15) is 17.0 Å². The number of pyridine rings is 2. The SMILES string of the molecule is CN(C)CCNc1cc(F)cc(-c2cccc3[nH]c(-c4n[nH]c5ccc(-c6cncc(CN7CCC(F)(F)C7)c6)nc45)cc23)c1. The number of rotatable bonds is 9. The smallest absolute Gasteiger partial charge is 0.261 e. The first-order chi connectivity index (χ1) is 21.7. The summed E-state index contributed by atoms with van der Waals surface area (Å²) in [6, 6.07) is 18.7. The van der Waals surface area contributed by atoms with E-state index in [1.165, 1.54) is 6.07 Å². The summed E-state index contributed by atoms with van der Waals surface area (Å²) in [5.41, 5.74) is 8.54. The zero-order chi connectivity index (χ0) is 31.1. The van der Waals surface area contributed by atoms with Gasteiger partial charge in [-0.1, -0.05) is 12.1 Å². The van der Waals surface area contributed by atoms with Crippen molar-refractivity contribution in [3.05, 3.63) is 84.4 Å². The first-order valence-corrected chi connectivity index (χ1v) is 14.9. The van der Waals surface area contributed by atoms with E-state index in [1.807, 2.05) is 62.6 Å². The molecule has 11 heteroatoms.